The standard InChI is InChI=1S/C15H21O2/c1-4-13-14(12-10-8-7-9-11-12)17-15(5-2,6-3)16-13/h7-11,13-14H,1,4-6H2,2-3H3. The van der Waals surface area contributed by atoms with E-state index in [-0.39, 0.29) is 12.2 Å². The van der Waals surface area contributed by atoms with Crippen LogP contribution in [0, 0.1) is 6.92 Å². The van der Waals surface area contributed by atoms with Gasteiger partial charge >= 0.3 is 0 Å². The second-order valence-electron chi connectivity index (χ2n) is 4.51. The average molecular weight is 233 g/mol. The number of benzene rings is 1. The minimum Gasteiger partial charge on any atom is -0.344 e. The molecule has 2 atom stereocenters. The Hall–Kier alpha value is -0.860. The highest BCUT2D eigenvalue weighted by atomic mass is 16.8. The van der Waals surface area contributed by atoms with Gasteiger partial charge < -0.3 is 9.47 Å². The minimum atomic E-state index is -0.414. The quantitative estimate of drug-likeness (QED) is 0.785. The Bertz CT molecular complexity index is 343. The molecule has 0 N–H and O–H groups in total. The first-order valence-electron chi connectivity index (χ1n) is 6.44. The molecule has 17 heavy (non-hydrogen) atoms. The fraction of sp³-hybridized carbons (Fsp3) is 0.533. The topological polar surface area (TPSA) is 18.5 Å². The molecule has 0 bridgehead atoms. The van der Waals surface area contributed by atoms with Crippen molar-refractivity contribution in [3.05, 3.63) is 42.8 Å². The van der Waals surface area contributed by atoms with Gasteiger partial charge in [-0.05, 0) is 24.8 Å². The van der Waals surface area contributed by atoms with E-state index >= 15 is 0 Å². The summed E-state index contributed by atoms with van der Waals surface area (Å²) in [4.78, 5) is 0. The molecule has 2 unspecified atom stereocenters. The van der Waals surface area contributed by atoms with Gasteiger partial charge in [0.05, 0.1) is 6.10 Å². The fourth-order valence-electron chi connectivity index (χ4n) is 2.39. The summed E-state index contributed by atoms with van der Waals surface area (Å²) in [5.41, 5.74) is 1.19. The summed E-state index contributed by atoms with van der Waals surface area (Å²) in [5, 5.41) is 0. The first-order chi connectivity index (χ1) is 8.24. The van der Waals surface area contributed by atoms with Crippen molar-refractivity contribution in [2.45, 2.75) is 51.1 Å². The van der Waals surface area contributed by atoms with Gasteiger partial charge in [0, 0.05) is 0 Å². The van der Waals surface area contributed by atoms with Gasteiger partial charge in [-0.25, -0.2) is 0 Å². The lowest BCUT2D eigenvalue weighted by Crippen LogP contribution is -2.28. The molecule has 1 aromatic carbocycles. The van der Waals surface area contributed by atoms with Crippen molar-refractivity contribution in [2.75, 3.05) is 0 Å². The molecular weight excluding hydrogens is 212 g/mol. The van der Waals surface area contributed by atoms with Gasteiger partial charge in [-0.1, -0.05) is 51.1 Å². The van der Waals surface area contributed by atoms with Crippen molar-refractivity contribution in [3.63, 3.8) is 0 Å². The molecule has 1 aliphatic rings. The zero-order valence-corrected chi connectivity index (χ0v) is 10.7. The van der Waals surface area contributed by atoms with E-state index in [9.17, 15) is 0 Å². The van der Waals surface area contributed by atoms with E-state index in [0.29, 0.717) is 0 Å². The summed E-state index contributed by atoms with van der Waals surface area (Å²) < 4.78 is 12.3. The molecule has 0 aliphatic carbocycles. The molecule has 0 amide bonds. The first kappa shape index (κ1) is 12.6. The molecule has 1 fully saturated rings. The van der Waals surface area contributed by atoms with Crippen LogP contribution in [0.25, 0.3) is 0 Å². The van der Waals surface area contributed by atoms with Crippen molar-refractivity contribution in [3.8, 4) is 0 Å². The predicted octanol–water partition coefficient (Wildman–Crippen LogP) is 3.88. The third-order valence-corrected chi connectivity index (χ3v) is 3.54. The van der Waals surface area contributed by atoms with Gasteiger partial charge in [0.15, 0.2) is 5.79 Å². The van der Waals surface area contributed by atoms with Gasteiger partial charge in [-0.3, -0.25) is 0 Å². The molecule has 1 saturated heterocycles. The van der Waals surface area contributed by atoms with Crippen molar-refractivity contribution >= 4 is 0 Å². The van der Waals surface area contributed by atoms with Crippen LogP contribution in [0.15, 0.2) is 30.3 Å². The lowest BCUT2D eigenvalue weighted by molar-refractivity contribution is -0.179. The van der Waals surface area contributed by atoms with Gasteiger partial charge in [0.25, 0.3) is 0 Å². The van der Waals surface area contributed by atoms with Gasteiger partial charge in [-0.15, -0.1) is 0 Å². The lowest BCUT2D eigenvalue weighted by atomic mass is 10.0. The van der Waals surface area contributed by atoms with Crippen LogP contribution in [0.4, 0.5) is 0 Å². The van der Waals surface area contributed by atoms with Crippen LogP contribution in [0.2, 0.25) is 0 Å². The Morgan fingerprint density at radius 3 is 2.29 bits per heavy atom. The van der Waals surface area contributed by atoms with E-state index in [1.165, 1.54) is 5.56 Å². The Kier molecular flexibility index (Phi) is 3.85. The minimum absolute atomic E-state index is 0.0219. The number of hydrogen-bond acceptors (Lipinski definition) is 2. The molecule has 2 rings (SSSR count). The largest absolute Gasteiger partial charge is 0.344 e. The van der Waals surface area contributed by atoms with Crippen LogP contribution >= 0.6 is 0 Å². The Morgan fingerprint density at radius 1 is 1.12 bits per heavy atom. The molecule has 0 spiro atoms. The summed E-state index contributed by atoms with van der Waals surface area (Å²) in [6.07, 6.45) is 2.58. The van der Waals surface area contributed by atoms with Crippen molar-refractivity contribution < 1.29 is 9.47 Å². The molecule has 93 valence electrons. The van der Waals surface area contributed by atoms with Crippen LogP contribution in [0.5, 0.6) is 0 Å². The maximum Gasteiger partial charge on any atom is 0.169 e. The average Bonchev–Trinajstić information content (AvgIpc) is 2.79. The van der Waals surface area contributed by atoms with Crippen LogP contribution < -0.4 is 0 Å². The van der Waals surface area contributed by atoms with Crippen LogP contribution in [-0.4, -0.2) is 11.9 Å². The van der Waals surface area contributed by atoms with Crippen molar-refractivity contribution in [2.24, 2.45) is 0 Å². The summed E-state index contributed by atoms with van der Waals surface area (Å²) >= 11 is 0. The molecule has 0 saturated carbocycles. The third kappa shape index (κ3) is 2.38. The SMILES string of the molecule is [CH2]CC1OC(CC)(CC)OC1c1ccccc1. The lowest BCUT2D eigenvalue weighted by Gasteiger charge is -2.25. The van der Waals surface area contributed by atoms with Crippen LogP contribution in [0.1, 0.15) is 44.8 Å². The molecule has 1 heterocycles. The van der Waals surface area contributed by atoms with Crippen molar-refractivity contribution in [1.29, 1.82) is 0 Å². The zero-order valence-electron chi connectivity index (χ0n) is 10.7. The zero-order chi connectivity index (χ0) is 12.3. The second-order valence-corrected chi connectivity index (χ2v) is 4.51. The Labute approximate surface area is 104 Å². The molecular formula is C15H21O2. The Balaban J connectivity index is 2.23. The molecule has 0 aromatic heterocycles. The summed E-state index contributed by atoms with van der Waals surface area (Å²) in [7, 11) is 0. The Morgan fingerprint density at radius 2 is 1.76 bits per heavy atom. The van der Waals surface area contributed by atoms with Gasteiger partial charge in [-0.2, -0.15) is 0 Å². The van der Waals surface area contributed by atoms with E-state index in [4.69, 9.17) is 9.47 Å². The fourth-order valence-corrected chi connectivity index (χ4v) is 2.39. The maximum atomic E-state index is 6.17. The summed E-state index contributed by atoms with van der Waals surface area (Å²) in [6, 6.07) is 10.3. The number of ether oxygens (including phenoxy) is 2. The summed E-state index contributed by atoms with van der Waals surface area (Å²) in [6.45, 7) is 8.19. The highest BCUT2D eigenvalue weighted by molar-refractivity contribution is 5.20. The molecule has 2 heteroatoms. The smallest absolute Gasteiger partial charge is 0.169 e. The molecule has 1 aliphatic heterocycles. The highest BCUT2D eigenvalue weighted by Gasteiger charge is 2.44. The number of hydrogen-bond donors (Lipinski definition) is 0. The normalized spacial score (nSPS) is 27.2. The maximum absolute atomic E-state index is 6.17. The van der Waals surface area contributed by atoms with Crippen LogP contribution in [-0.2, 0) is 9.47 Å². The molecule has 1 radical (unpaired) electrons. The molecule has 2 nitrogen and oxygen atoms in total. The number of rotatable bonds is 4. The van der Waals surface area contributed by atoms with E-state index in [1.54, 1.807) is 0 Å². The molecule has 1 aromatic rings. The van der Waals surface area contributed by atoms with E-state index in [1.807, 2.05) is 18.2 Å². The third-order valence-electron chi connectivity index (χ3n) is 3.54. The van der Waals surface area contributed by atoms with Gasteiger partial charge in [0.2, 0.25) is 0 Å². The predicted molar refractivity (Wildman–Crippen MR) is 68.4 cm³/mol. The van der Waals surface area contributed by atoms with Gasteiger partial charge in [0.1, 0.15) is 6.10 Å². The highest BCUT2D eigenvalue weighted by Crippen LogP contribution is 2.42. The van der Waals surface area contributed by atoms with E-state index in [0.717, 1.165) is 19.3 Å². The van der Waals surface area contributed by atoms with Crippen molar-refractivity contribution in [1.82, 2.24) is 0 Å². The first-order valence-corrected chi connectivity index (χ1v) is 6.44. The van der Waals surface area contributed by atoms with Crippen LogP contribution in [0.3, 0.4) is 0 Å². The van der Waals surface area contributed by atoms with E-state index < -0.39 is 5.79 Å². The summed E-state index contributed by atoms with van der Waals surface area (Å²) in [5.74, 6) is -0.414. The second kappa shape index (κ2) is 5.19. The monoisotopic (exact) mass is 233 g/mol. The van der Waals surface area contributed by atoms with E-state index in [2.05, 4.69) is 32.9 Å².